The number of benzene rings is 2. The van der Waals surface area contributed by atoms with Crippen LogP contribution in [0.3, 0.4) is 0 Å². The Balaban J connectivity index is 1.46. The Kier molecular flexibility index (Phi) is 4.23. The molecule has 0 amide bonds. The maximum Gasteiger partial charge on any atom is 0.150 e. The van der Waals surface area contributed by atoms with Crippen molar-refractivity contribution in [3.8, 4) is 22.5 Å². The third kappa shape index (κ3) is 3.03. The molecule has 3 N–H and O–H groups in total. The Morgan fingerprint density at radius 1 is 1.00 bits per heavy atom. The molecule has 0 bridgehead atoms. The van der Waals surface area contributed by atoms with Crippen molar-refractivity contribution in [2.75, 3.05) is 5.73 Å². The van der Waals surface area contributed by atoms with Crippen molar-refractivity contribution in [3.05, 3.63) is 78.4 Å². The van der Waals surface area contributed by atoms with Gasteiger partial charge in [0.2, 0.25) is 0 Å². The third-order valence-electron chi connectivity index (χ3n) is 6.45. The van der Waals surface area contributed by atoms with Gasteiger partial charge in [0.15, 0.2) is 0 Å². The second kappa shape index (κ2) is 7.14. The number of fused-ring (bicyclic) bond motifs is 2. The Labute approximate surface area is 185 Å². The lowest BCUT2D eigenvalue weighted by molar-refractivity contribution is 0.0731. The van der Waals surface area contributed by atoms with Crippen LogP contribution >= 0.6 is 0 Å². The minimum atomic E-state index is -0.230. The van der Waals surface area contributed by atoms with Crippen molar-refractivity contribution in [1.82, 2.24) is 19.4 Å². The summed E-state index contributed by atoms with van der Waals surface area (Å²) in [5, 5.41) is 10.7. The summed E-state index contributed by atoms with van der Waals surface area (Å²) in [6.45, 7) is 2.11. The first kappa shape index (κ1) is 19.0. The predicted molar refractivity (Wildman–Crippen MR) is 126 cm³/mol. The summed E-state index contributed by atoms with van der Waals surface area (Å²) in [4.78, 5) is 14.2. The van der Waals surface area contributed by atoms with Gasteiger partial charge in [0.1, 0.15) is 17.7 Å². The van der Waals surface area contributed by atoms with Crippen molar-refractivity contribution < 1.29 is 5.11 Å². The van der Waals surface area contributed by atoms with Crippen molar-refractivity contribution in [2.45, 2.75) is 31.8 Å². The molecule has 1 saturated carbocycles. The molecule has 3 heterocycles. The normalized spacial score (nSPS) is 18.2. The zero-order valence-electron chi connectivity index (χ0n) is 17.7. The first-order chi connectivity index (χ1) is 15.6. The van der Waals surface area contributed by atoms with Gasteiger partial charge in [-0.2, -0.15) is 0 Å². The number of nitrogen functional groups attached to an aromatic ring is 1. The van der Waals surface area contributed by atoms with Gasteiger partial charge < -0.3 is 15.2 Å². The number of anilines is 1. The number of aromatic nitrogens is 4. The van der Waals surface area contributed by atoms with E-state index < -0.39 is 0 Å². The average Bonchev–Trinajstić information content (AvgIpc) is 3.22. The van der Waals surface area contributed by atoms with Gasteiger partial charge in [-0.1, -0.05) is 42.5 Å². The molecule has 5 aromatic rings. The fraction of sp³-hybridized carbons (Fsp3) is 0.192. The number of aryl methyl sites for hydroxylation is 1. The molecular weight excluding hydrogens is 398 g/mol. The molecule has 0 unspecified atom stereocenters. The van der Waals surface area contributed by atoms with Crippen molar-refractivity contribution in [3.63, 3.8) is 0 Å². The van der Waals surface area contributed by atoms with Crippen LogP contribution in [0.1, 0.15) is 30.0 Å². The summed E-state index contributed by atoms with van der Waals surface area (Å²) in [6, 6.07) is 18.6. The van der Waals surface area contributed by atoms with Crippen LogP contribution in [0.15, 0.2) is 67.1 Å². The largest absolute Gasteiger partial charge is 0.393 e. The highest BCUT2D eigenvalue weighted by Gasteiger charge is 2.30. The number of imidazole rings is 1. The van der Waals surface area contributed by atoms with E-state index in [9.17, 15) is 5.11 Å². The van der Waals surface area contributed by atoms with Crippen molar-refractivity contribution in [2.24, 2.45) is 0 Å². The van der Waals surface area contributed by atoms with Gasteiger partial charge >= 0.3 is 0 Å². The molecule has 158 valence electrons. The van der Waals surface area contributed by atoms with Crippen molar-refractivity contribution >= 4 is 22.2 Å². The van der Waals surface area contributed by atoms with Gasteiger partial charge in [0, 0.05) is 28.6 Å². The summed E-state index contributed by atoms with van der Waals surface area (Å²) >= 11 is 0. The molecule has 0 atom stereocenters. The lowest BCUT2D eigenvalue weighted by atomic mass is 9.80. The van der Waals surface area contributed by atoms with E-state index in [1.165, 1.54) is 5.56 Å². The number of hydrogen-bond donors (Lipinski definition) is 2. The van der Waals surface area contributed by atoms with E-state index in [1.54, 1.807) is 6.33 Å². The van der Waals surface area contributed by atoms with Gasteiger partial charge in [-0.05, 0) is 37.5 Å². The van der Waals surface area contributed by atoms with E-state index in [1.807, 2.05) is 28.8 Å². The standard InChI is InChI=1S/C26H23N5O/c1-15-9-21(16-5-3-2-4-6-16)29-22-12-17(7-8-20(15)22)24-25-26(27)30-23(13-31(25)14-28-24)18-10-19(32)11-18/h2-9,12-14,18-19,32H,10-11H2,1H3,(H2,27,30). The molecule has 2 aromatic carbocycles. The summed E-state index contributed by atoms with van der Waals surface area (Å²) in [6.07, 6.45) is 5.00. The van der Waals surface area contributed by atoms with Crippen LogP contribution in [0, 0.1) is 6.92 Å². The SMILES string of the molecule is Cc1cc(-c2ccccc2)nc2cc(-c3ncn4cc(C5CC(O)C5)nc(N)c34)ccc12. The monoisotopic (exact) mass is 421 g/mol. The molecule has 6 nitrogen and oxygen atoms in total. The van der Waals surface area contributed by atoms with E-state index in [2.05, 4.69) is 53.3 Å². The molecule has 0 saturated heterocycles. The number of pyridine rings is 1. The Bertz CT molecular complexity index is 1470. The van der Waals surface area contributed by atoms with Crippen LogP contribution in [0.25, 0.3) is 38.9 Å². The number of aliphatic hydroxyl groups is 1. The van der Waals surface area contributed by atoms with Crippen LogP contribution in [-0.2, 0) is 0 Å². The zero-order chi connectivity index (χ0) is 21.8. The minimum absolute atomic E-state index is 0.230. The van der Waals surface area contributed by atoms with Gasteiger partial charge in [0.05, 0.1) is 28.7 Å². The number of nitrogens with two attached hydrogens (primary N) is 1. The molecule has 0 aliphatic heterocycles. The highest BCUT2D eigenvalue weighted by atomic mass is 16.3. The van der Waals surface area contributed by atoms with E-state index in [0.29, 0.717) is 5.82 Å². The van der Waals surface area contributed by atoms with Crippen molar-refractivity contribution in [1.29, 1.82) is 0 Å². The first-order valence-electron chi connectivity index (χ1n) is 10.8. The van der Waals surface area contributed by atoms with Gasteiger partial charge in [-0.3, -0.25) is 0 Å². The van der Waals surface area contributed by atoms with Crippen LogP contribution in [0.4, 0.5) is 5.82 Å². The molecule has 1 aliphatic carbocycles. The predicted octanol–water partition coefficient (Wildman–Crippen LogP) is 4.74. The summed E-state index contributed by atoms with van der Waals surface area (Å²) in [5.41, 5.74) is 14.0. The highest BCUT2D eigenvalue weighted by Crippen LogP contribution is 2.37. The topological polar surface area (TPSA) is 89.3 Å². The Morgan fingerprint density at radius 3 is 2.59 bits per heavy atom. The Morgan fingerprint density at radius 2 is 1.81 bits per heavy atom. The van der Waals surface area contributed by atoms with E-state index in [0.717, 1.165) is 57.5 Å². The molecule has 6 heteroatoms. The average molecular weight is 422 g/mol. The maximum atomic E-state index is 9.63. The van der Waals surface area contributed by atoms with Crippen LogP contribution < -0.4 is 5.73 Å². The molecule has 1 aliphatic rings. The fourth-order valence-electron chi connectivity index (χ4n) is 4.62. The number of aliphatic hydroxyl groups excluding tert-OH is 1. The zero-order valence-corrected chi connectivity index (χ0v) is 17.7. The number of rotatable bonds is 3. The van der Waals surface area contributed by atoms with E-state index >= 15 is 0 Å². The molecule has 0 radical (unpaired) electrons. The molecule has 0 spiro atoms. The molecular formula is C26H23N5O. The minimum Gasteiger partial charge on any atom is -0.393 e. The van der Waals surface area contributed by atoms with Crippen LogP contribution in [0.2, 0.25) is 0 Å². The summed E-state index contributed by atoms with van der Waals surface area (Å²) in [5.74, 6) is 0.713. The van der Waals surface area contributed by atoms with Crippen LogP contribution in [-0.4, -0.2) is 30.6 Å². The summed E-state index contributed by atoms with van der Waals surface area (Å²) in [7, 11) is 0. The molecule has 6 rings (SSSR count). The van der Waals surface area contributed by atoms with Gasteiger partial charge in [-0.25, -0.2) is 15.0 Å². The van der Waals surface area contributed by atoms with Gasteiger partial charge in [-0.15, -0.1) is 0 Å². The van der Waals surface area contributed by atoms with E-state index in [4.69, 9.17) is 10.7 Å². The summed E-state index contributed by atoms with van der Waals surface area (Å²) < 4.78 is 1.95. The lowest BCUT2D eigenvalue weighted by Gasteiger charge is -2.30. The lowest BCUT2D eigenvalue weighted by Crippen LogP contribution is -2.27. The van der Waals surface area contributed by atoms with Crippen LogP contribution in [0.5, 0.6) is 0 Å². The second-order valence-corrected chi connectivity index (χ2v) is 8.64. The molecule has 3 aromatic heterocycles. The number of hydrogen-bond acceptors (Lipinski definition) is 5. The fourth-order valence-corrected chi connectivity index (χ4v) is 4.62. The highest BCUT2D eigenvalue weighted by molar-refractivity contribution is 5.92. The number of nitrogens with zero attached hydrogens (tertiary/aromatic N) is 4. The van der Waals surface area contributed by atoms with Gasteiger partial charge in [0.25, 0.3) is 0 Å². The first-order valence-corrected chi connectivity index (χ1v) is 10.8. The quantitative estimate of drug-likeness (QED) is 0.439. The second-order valence-electron chi connectivity index (χ2n) is 8.64. The molecule has 1 fully saturated rings. The smallest absolute Gasteiger partial charge is 0.150 e. The third-order valence-corrected chi connectivity index (χ3v) is 6.45. The molecule has 32 heavy (non-hydrogen) atoms. The van der Waals surface area contributed by atoms with E-state index in [-0.39, 0.29) is 12.0 Å². The maximum absolute atomic E-state index is 9.63. The Hall–Kier alpha value is -3.77.